The summed E-state index contributed by atoms with van der Waals surface area (Å²) in [5, 5.41) is 0. The second kappa shape index (κ2) is 3.57. The summed E-state index contributed by atoms with van der Waals surface area (Å²) in [5.74, 6) is 0. The SMILES string of the molecule is C=C(CC)c1c(C)cccc1C. The summed E-state index contributed by atoms with van der Waals surface area (Å²) >= 11 is 0. The second-order valence-corrected chi connectivity index (χ2v) is 3.22. The lowest BCUT2D eigenvalue weighted by molar-refractivity contribution is 1.21. The highest BCUT2D eigenvalue weighted by Crippen LogP contribution is 2.23. The molecule has 0 atom stereocenters. The highest BCUT2D eigenvalue weighted by atomic mass is 14.1. The molecule has 1 rings (SSSR count). The molecule has 64 valence electrons. The fourth-order valence-electron chi connectivity index (χ4n) is 1.55. The standard InChI is InChI=1S/C12H16/c1-5-9(2)12-10(3)7-6-8-11(12)4/h6-8H,2,5H2,1,3-4H3. The molecule has 0 unspecified atom stereocenters. The lowest BCUT2D eigenvalue weighted by Crippen LogP contribution is -1.90. The maximum absolute atomic E-state index is 4.07. The van der Waals surface area contributed by atoms with Gasteiger partial charge in [0.15, 0.2) is 0 Å². The Morgan fingerprint density at radius 1 is 1.25 bits per heavy atom. The summed E-state index contributed by atoms with van der Waals surface area (Å²) in [5.41, 5.74) is 5.26. The van der Waals surface area contributed by atoms with Crippen LogP contribution in [0.4, 0.5) is 0 Å². The van der Waals surface area contributed by atoms with Gasteiger partial charge < -0.3 is 0 Å². The zero-order chi connectivity index (χ0) is 9.14. The Balaban J connectivity index is 3.21. The lowest BCUT2D eigenvalue weighted by Gasteiger charge is -2.10. The van der Waals surface area contributed by atoms with Gasteiger partial charge in [-0.05, 0) is 42.5 Å². The quantitative estimate of drug-likeness (QED) is 0.618. The second-order valence-electron chi connectivity index (χ2n) is 3.22. The van der Waals surface area contributed by atoms with Gasteiger partial charge in [-0.15, -0.1) is 0 Å². The molecule has 0 spiro atoms. The predicted molar refractivity (Wildman–Crippen MR) is 55.2 cm³/mol. The van der Waals surface area contributed by atoms with Crippen LogP contribution in [-0.4, -0.2) is 0 Å². The van der Waals surface area contributed by atoms with E-state index in [1.54, 1.807) is 0 Å². The van der Waals surface area contributed by atoms with Gasteiger partial charge in [-0.1, -0.05) is 31.7 Å². The third-order valence-electron chi connectivity index (χ3n) is 2.26. The van der Waals surface area contributed by atoms with Gasteiger partial charge in [0.1, 0.15) is 0 Å². The number of benzene rings is 1. The Labute approximate surface area is 74.9 Å². The van der Waals surface area contributed by atoms with Crippen molar-refractivity contribution in [3.63, 3.8) is 0 Å². The fraction of sp³-hybridized carbons (Fsp3) is 0.333. The molecule has 0 nitrogen and oxygen atoms in total. The largest absolute Gasteiger partial charge is 0.0952 e. The van der Waals surface area contributed by atoms with Crippen molar-refractivity contribution in [2.24, 2.45) is 0 Å². The minimum absolute atomic E-state index is 1.03. The van der Waals surface area contributed by atoms with Crippen LogP contribution in [0.1, 0.15) is 30.0 Å². The first-order valence-electron chi connectivity index (χ1n) is 4.41. The van der Waals surface area contributed by atoms with Crippen molar-refractivity contribution in [2.75, 3.05) is 0 Å². The maximum Gasteiger partial charge on any atom is -0.0172 e. The average Bonchev–Trinajstić information content (AvgIpc) is 2.03. The zero-order valence-electron chi connectivity index (χ0n) is 8.15. The van der Waals surface area contributed by atoms with Crippen LogP contribution in [-0.2, 0) is 0 Å². The Bertz CT molecular complexity index is 275. The van der Waals surface area contributed by atoms with Gasteiger partial charge in [0.2, 0.25) is 0 Å². The topological polar surface area (TPSA) is 0 Å². The van der Waals surface area contributed by atoms with Gasteiger partial charge in [-0.25, -0.2) is 0 Å². The van der Waals surface area contributed by atoms with E-state index in [0.29, 0.717) is 0 Å². The molecule has 12 heavy (non-hydrogen) atoms. The van der Waals surface area contributed by atoms with Crippen LogP contribution in [0, 0.1) is 13.8 Å². The van der Waals surface area contributed by atoms with Gasteiger partial charge in [-0.2, -0.15) is 0 Å². The van der Waals surface area contributed by atoms with Crippen molar-refractivity contribution < 1.29 is 0 Å². The normalized spacial score (nSPS) is 9.92. The molecule has 0 aliphatic rings. The molecule has 0 saturated carbocycles. The number of aryl methyl sites for hydroxylation is 2. The van der Waals surface area contributed by atoms with Crippen molar-refractivity contribution in [3.05, 3.63) is 41.5 Å². The first kappa shape index (κ1) is 9.05. The van der Waals surface area contributed by atoms with Crippen molar-refractivity contribution >= 4 is 5.57 Å². The van der Waals surface area contributed by atoms with Gasteiger partial charge in [0, 0.05) is 0 Å². The van der Waals surface area contributed by atoms with Crippen molar-refractivity contribution in [1.29, 1.82) is 0 Å². The minimum atomic E-state index is 1.03. The average molecular weight is 160 g/mol. The number of allylic oxidation sites excluding steroid dienone is 1. The molecule has 0 amide bonds. The summed E-state index contributed by atoms with van der Waals surface area (Å²) < 4.78 is 0. The Morgan fingerprint density at radius 3 is 2.17 bits per heavy atom. The fourth-order valence-corrected chi connectivity index (χ4v) is 1.55. The van der Waals surface area contributed by atoms with Crippen LogP contribution >= 0.6 is 0 Å². The molecule has 0 heteroatoms. The summed E-state index contributed by atoms with van der Waals surface area (Å²) in [6.07, 6.45) is 1.03. The number of hydrogen-bond acceptors (Lipinski definition) is 0. The van der Waals surface area contributed by atoms with Crippen molar-refractivity contribution in [1.82, 2.24) is 0 Å². The van der Waals surface area contributed by atoms with E-state index in [-0.39, 0.29) is 0 Å². The van der Waals surface area contributed by atoms with Crippen LogP contribution in [0.3, 0.4) is 0 Å². The molecule has 0 saturated heterocycles. The van der Waals surface area contributed by atoms with Crippen LogP contribution in [0.2, 0.25) is 0 Å². The molecule has 0 aliphatic heterocycles. The third-order valence-corrected chi connectivity index (χ3v) is 2.26. The van der Waals surface area contributed by atoms with E-state index < -0.39 is 0 Å². The van der Waals surface area contributed by atoms with E-state index in [1.165, 1.54) is 22.3 Å². The van der Waals surface area contributed by atoms with E-state index in [4.69, 9.17) is 0 Å². The van der Waals surface area contributed by atoms with Crippen LogP contribution < -0.4 is 0 Å². The molecule has 0 aliphatic carbocycles. The number of hydrogen-bond donors (Lipinski definition) is 0. The summed E-state index contributed by atoms with van der Waals surface area (Å²) in [6, 6.07) is 6.38. The maximum atomic E-state index is 4.07. The first-order chi connectivity index (χ1) is 5.66. The Kier molecular flexibility index (Phi) is 2.69. The summed E-state index contributed by atoms with van der Waals surface area (Å²) in [4.78, 5) is 0. The van der Waals surface area contributed by atoms with Crippen molar-refractivity contribution in [3.8, 4) is 0 Å². The van der Waals surface area contributed by atoms with Crippen LogP contribution in [0.5, 0.6) is 0 Å². The van der Waals surface area contributed by atoms with Crippen molar-refractivity contribution in [2.45, 2.75) is 27.2 Å². The monoisotopic (exact) mass is 160 g/mol. The predicted octanol–water partition coefficient (Wildman–Crippen LogP) is 3.73. The van der Waals surface area contributed by atoms with Gasteiger partial charge in [0.05, 0.1) is 0 Å². The van der Waals surface area contributed by atoms with E-state index in [0.717, 1.165) is 6.42 Å². The molecule has 0 fully saturated rings. The highest BCUT2D eigenvalue weighted by molar-refractivity contribution is 5.68. The van der Waals surface area contributed by atoms with E-state index in [1.807, 2.05) is 0 Å². The Morgan fingerprint density at radius 2 is 1.75 bits per heavy atom. The molecule has 0 heterocycles. The van der Waals surface area contributed by atoms with Gasteiger partial charge in [0.25, 0.3) is 0 Å². The molecule has 1 aromatic rings. The Hall–Kier alpha value is -1.04. The van der Waals surface area contributed by atoms with Gasteiger partial charge >= 0.3 is 0 Å². The highest BCUT2D eigenvalue weighted by Gasteiger charge is 2.03. The van der Waals surface area contributed by atoms with Crippen LogP contribution in [0.15, 0.2) is 24.8 Å². The molecule has 0 aromatic heterocycles. The van der Waals surface area contributed by atoms with E-state index >= 15 is 0 Å². The minimum Gasteiger partial charge on any atom is -0.0952 e. The molecular formula is C12H16. The third kappa shape index (κ3) is 1.58. The summed E-state index contributed by atoms with van der Waals surface area (Å²) in [7, 11) is 0. The lowest BCUT2D eigenvalue weighted by atomic mass is 9.95. The summed E-state index contributed by atoms with van der Waals surface area (Å²) in [6.45, 7) is 10.5. The number of rotatable bonds is 2. The van der Waals surface area contributed by atoms with Gasteiger partial charge in [-0.3, -0.25) is 0 Å². The first-order valence-corrected chi connectivity index (χ1v) is 4.41. The molecule has 0 bridgehead atoms. The molecule has 0 radical (unpaired) electrons. The zero-order valence-corrected chi connectivity index (χ0v) is 8.15. The molecular weight excluding hydrogens is 144 g/mol. The van der Waals surface area contributed by atoms with Crippen LogP contribution in [0.25, 0.3) is 5.57 Å². The molecule has 0 N–H and O–H groups in total. The van der Waals surface area contributed by atoms with E-state index in [2.05, 4.69) is 45.5 Å². The molecule has 1 aromatic carbocycles. The smallest absolute Gasteiger partial charge is 0.0172 e. The van der Waals surface area contributed by atoms with E-state index in [9.17, 15) is 0 Å².